The summed E-state index contributed by atoms with van der Waals surface area (Å²) >= 11 is 1.32. The Labute approximate surface area is 181 Å². The third kappa shape index (κ3) is 4.25. The van der Waals surface area contributed by atoms with Crippen LogP contribution in [0.25, 0.3) is 10.2 Å². The molecule has 1 fully saturated rings. The van der Waals surface area contributed by atoms with Gasteiger partial charge in [0.1, 0.15) is 27.8 Å². The number of fused-ring (bicyclic) bond motifs is 1. The first-order valence-corrected chi connectivity index (χ1v) is 11.7. The molecule has 2 aromatic carbocycles. The monoisotopic (exact) mass is 467 g/mol. The zero-order valence-electron chi connectivity index (χ0n) is 16.5. The predicted octanol–water partition coefficient (Wildman–Crippen LogP) is 3.62. The van der Waals surface area contributed by atoms with Gasteiger partial charge in [0.2, 0.25) is 15.9 Å². The molecule has 0 atom stereocenters. The summed E-state index contributed by atoms with van der Waals surface area (Å²) in [5.74, 6) is -1.91. The molecule has 1 aromatic heterocycles. The van der Waals surface area contributed by atoms with Crippen LogP contribution in [-0.4, -0.2) is 43.8 Å². The predicted molar refractivity (Wildman–Crippen MR) is 113 cm³/mol. The first-order chi connectivity index (χ1) is 14.8. The number of piperidine rings is 1. The zero-order chi connectivity index (χ0) is 22.2. The molecule has 3 aromatic rings. The number of benzene rings is 2. The number of anilines is 1. The third-order valence-corrected chi connectivity index (χ3v) is 8.02. The number of nitrogens with zero attached hydrogens (tertiary/aromatic N) is 2. The lowest BCUT2D eigenvalue weighted by atomic mass is 9.97. The summed E-state index contributed by atoms with van der Waals surface area (Å²) in [5.41, 5.74) is 0.656. The topological polar surface area (TPSA) is 88.6 Å². The summed E-state index contributed by atoms with van der Waals surface area (Å²) in [6.07, 6.45) is 0.520. The second-order valence-corrected chi connectivity index (χ2v) is 10.0. The van der Waals surface area contributed by atoms with Crippen molar-refractivity contribution in [3.05, 3.63) is 48.0 Å². The number of aromatic nitrogens is 1. The van der Waals surface area contributed by atoms with E-state index in [0.717, 1.165) is 21.1 Å². The Hall–Kier alpha value is -2.63. The molecule has 1 aliphatic heterocycles. The molecular formula is C20H19F2N3O4S2. The fourth-order valence-corrected chi connectivity index (χ4v) is 5.95. The first-order valence-electron chi connectivity index (χ1n) is 9.49. The van der Waals surface area contributed by atoms with Gasteiger partial charge in [-0.1, -0.05) is 17.4 Å². The Morgan fingerprint density at radius 1 is 1.23 bits per heavy atom. The lowest BCUT2D eigenvalue weighted by Crippen LogP contribution is -2.41. The van der Waals surface area contributed by atoms with Crippen LogP contribution in [0.15, 0.2) is 41.3 Å². The lowest BCUT2D eigenvalue weighted by Gasteiger charge is -2.30. The van der Waals surface area contributed by atoms with Crippen LogP contribution < -0.4 is 10.1 Å². The molecule has 0 bridgehead atoms. The number of sulfonamides is 1. The Morgan fingerprint density at radius 3 is 2.68 bits per heavy atom. The number of ether oxygens (including phenoxy) is 1. The van der Waals surface area contributed by atoms with Gasteiger partial charge < -0.3 is 10.1 Å². The van der Waals surface area contributed by atoms with Crippen molar-refractivity contribution in [2.45, 2.75) is 17.7 Å². The lowest BCUT2D eigenvalue weighted by molar-refractivity contribution is -0.120. The number of carbonyl (C=O) groups excluding carboxylic acids is 1. The van der Waals surface area contributed by atoms with Crippen LogP contribution in [0.4, 0.5) is 13.9 Å². The molecule has 0 radical (unpaired) electrons. The summed E-state index contributed by atoms with van der Waals surface area (Å²) in [4.78, 5) is 16.4. The maximum absolute atomic E-state index is 14.0. The van der Waals surface area contributed by atoms with E-state index in [0.29, 0.717) is 22.5 Å². The van der Waals surface area contributed by atoms with Gasteiger partial charge in [0.25, 0.3) is 0 Å². The van der Waals surface area contributed by atoms with E-state index in [2.05, 4.69) is 10.3 Å². The minimum Gasteiger partial charge on any atom is -0.494 e. The van der Waals surface area contributed by atoms with Crippen LogP contribution in [0.1, 0.15) is 12.8 Å². The van der Waals surface area contributed by atoms with Crippen molar-refractivity contribution in [2.24, 2.45) is 5.92 Å². The van der Waals surface area contributed by atoms with Gasteiger partial charge in [-0.2, -0.15) is 4.31 Å². The van der Waals surface area contributed by atoms with Crippen LogP contribution in [0.3, 0.4) is 0 Å². The van der Waals surface area contributed by atoms with E-state index in [4.69, 9.17) is 4.74 Å². The van der Waals surface area contributed by atoms with E-state index in [1.54, 1.807) is 13.2 Å². The van der Waals surface area contributed by atoms with E-state index < -0.39 is 32.5 Å². The highest BCUT2D eigenvalue weighted by molar-refractivity contribution is 7.89. The van der Waals surface area contributed by atoms with E-state index >= 15 is 0 Å². The highest BCUT2D eigenvalue weighted by Crippen LogP contribution is 2.33. The zero-order valence-corrected chi connectivity index (χ0v) is 18.1. The second-order valence-electron chi connectivity index (χ2n) is 7.07. The summed E-state index contributed by atoms with van der Waals surface area (Å²) in [5, 5.41) is 3.22. The molecule has 0 unspecified atom stereocenters. The van der Waals surface area contributed by atoms with Crippen molar-refractivity contribution in [2.75, 3.05) is 25.5 Å². The molecule has 0 aliphatic carbocycles. The average Bonchev–Trinajstić information content (AvgIpc) is 3.17. The molecule has 1 N–H and O–H groups in total. The van der Waals surface area contributed by atoms with Gasteiger partial charge in [0.15, 0.2) is 5.13 Å². The standard InChI is InChI=1S/C20H19F2N3O4S2/c1-29-15-3-2-4-16-18(15)23-20(30-16)24-19(26)12-7-9-25(10-8-12)31(27,28)17-11-13(21)5-6-14(17)22/h2-6,11-12H,7-10H2,1H3,(H,23,24,26). The third-order valence-electron chi connectivity index (χ3n) is 5.17. The molecule has 1 saturated heterocycles. The molecule has 0 spiro atoms. The Balaban J connectivity index is 1.43. The fraction of sp³-hybridized carbons (Fsp3) is 0.300. The second kappa shape index (κ2) is 8.48. The number of amides is 1. The Bertz CT molecular complexity index is 1240. The maximum atomic E-state index is 14.0. The van der Waals surface area contributed by atoms with Crippen molar-refractivity contribution in [1.82, 2.24) is 9.29 Å². The van der Waals surface area contributed by atoms with Crippen molar-refractivity contribution in [3.63, 3.8) is 0 Å². The molecule has 164 valence electrons. The number of hydrogen-bond donors (Lipinski definition) is 1. The van der Waals surface area contributed by atoms with Crippen molar-refractivity contribution >= 4 is 42.6 Å². The van der Waals surface area contributed by atoms with E-state index in [1.165, 1.54) is 11.3 Å². The van der Waals surface area contributed by atoms with Crippen LogP contribution in [0, 0.1) is 17.6 Å². The molecule has 1 aliphatic rings. The van der Waals surface area contributed by atoms with Crippen LogP contribution in [0.2, 0.25) is 0 Å². The Morgan fingerprint density at radius 2 is 1.97 bits per heavy atom. The number of rotatable bonds is 5. The molecule has 11 heteroatoms. The summed E-state index contributed by atoms with van der Waals surface area (Å²) in [7, 11) is -2.64. The summed E-state index contributed by atoms with van der Waals surface area (Å²) in [6, 6.07) is 7.82. The molecule has 4 rings (SSSR count). The number of carbonyl (C=O) groups is 1. The van der Waals surface area contributed by atoms with Gasteiger partial charge in [0.05, 0.1) is 11.8 Å². The number of thiazole rings is 1. The van der Waals surface area contributed by atoms with Crippen LogP contribution >= 0.6 is 11.3 Å². The maximum Gasteiger partial charge on any atom is 0.246 e. The van der Waals surface area contributed by atoms with Gasteiger partial charge >= 0.3 is 0 Å². The van der Waals surface area contributed by atoms with E-state index in [-0.39, 0.29) is 31.8 Å². The first kappa shape index (κ1) is 21.6. The molecule has 1 amide bonds. The quantitative estimate of drug-likeness (QED) is 0.619. The normalized spacial score (nSPS) is 15.8. The van der Waals surface area contributed by atoms with Crippen molar-refractivity contribution in [1.29, 1.82) is 0 Å². The minimum absolute atomic E-state index is 0.0318. The molecular weight excluding hydrogens is 448 g/mol. The highest BCUT2D eigenvalue weighted by Gasteiger charge is 2.34. The smallest absolute Gasteiger partial charge is 0.246 e. The minimum atomic E-state index is -4.19. The molecule has 7 nitrogen and oxygen atoms in total. The SMILES string of the molecule is COc1cccc2sc(NC(=O)C3CCN(S(=O)(=O)c4cc(F)ccc4F)CC3)nc12. The van der Waals surface area contributed by atoms with Crippen LogP contribution in [-0.2, 0) is 14.8 Å². The summed E-state index contributed by atoms with van der Waals surface area (Å²) in [6.45, 7) is 0.0636. The number of methoxy groups -OCH3 is 1. The number of hydrogen-bond acceptors (Lipinski definition) is 6. The average molecular weight is 468 g/mol. The van der Waals surface area contributed by atoms with Gasteiger partial charge in [0, 0.05) is 19.0 Å². The van der Waals surface area contributed by atoms with Crippen LogP contribution in [0.5, 0.6) is 5.75 Å². The van der Waals surface area contributed by atoms with Gasteiger partial charge in [-0.25, -0.2) is 22.2 Å². The number of nitrogens with one attached hydrogen (secondary N) is 1. The summed E-state index contributed by atoms with van der Waals surface area (Å²) < 4.78 is 60.0. The molecule has 0 saturated carbocycles. The Kier molecular flexibility index (Phi) is 5.91. The van der Waals surface area contributed by atoms with Crippen molar-refractivity contribution in [3.8, 4) is 5.75 Å². The largest absolute Gasteiger partial charge is 0.494 e. The fourth-order valence-electron chi connectivity index (χ4n) is 3.52. The van der Waals surface area contributed by atoms with Gasteiger partial charge in [-0.05, 0) is 43.2 Å². The number of halogens is 2. The van der Waals surface area contributed by atoms with Crippen molar-refractivity contribution < 1.29 is 26.7 Å². The number of para-hydroxylation sites is 1. The van der Waals surface area contributed by atoms with Gasteiger partial charge in [-0.15, -0.1) is 0 Å². The molecule has 31 heavy (non-hydrogen) atoms. The van der Waals surface area contributed by atoms with Gasteiger partial charge in [-0.3, -0.25) is 4.79 Å². The van der Waals surface area contributed by atoms with E-state index in [9.17, 15) is 22.0 Å². The highest BCUT2D eigenvalue weighted by atomic mass is 32.2. The van der Waals surface area contributed by atoms with E-state index in [1.807, 2.05) is 12.1 Å². The molecule has 2 heterocycles.